The van der Waals surface area contributed by atoms with Crippen LogP contribution in [0.5, 0.6) is 0 Å². The van der Waals surface area contributed by atoms with Crippen molar-refractivity contribution < 1.29 is 19.8 Å². The van der Waals surface area contributed by atoms with Crippen molar-refractivity contribution in [3.63, 3.8) is 0 Å². The summed E-state index contributed by atoms with van der Waals surface area (Å²) in [6, 6.07) is 0. The summed E-state index contributed by atoms with van der Waals surface area (Å²) in [7, 11) is 0. The molecular weight excluding hydrogens is 184 g/mol. The van der Waals surface area contributed by atoms with Crippen LogP contribution in [0.15, 0.2) is 24.3 Å². The van der Waals surface area contributed by atoms with Gasteiger partial charge in [0.15, 0.2) is 0 Å². The molecule has 0 spiro atoms. The van der Waals surface area contributed by atoms with E-state index in [2.05, 4.69) is 13.2 Å². The summed E-state index contributed by atoms with van der Waals surface area (Å²) in [4.78, 5) is 21.0. The lowest BCUT2D eigenvalue weighted by molar-refractivity contribution is -0.134. The Morgan fingerprint density at radius 1 is 1.21 bits per heavy atom. The molecule has 0 rings (SSSR count). The highest BCUT2D eigenvalue weighted by molar-refractivity contribution is 5.88. The smallest absolute Gasteiger partial charge is 0.331 e. The molecular formula is C10H14O4. The summed E-state index contributed by atoms with van der Waals surface area (Å²) in [6.07, 6.45) is 0.675. The van der Waals surface area contributed by atoms with Gasteiger partial charge in [-0.25, -0.2) is 9.59 Å². The molecule has 0 aliphatic heterocycles. The second-order valence-electron chi connectivity index (χ2n) is 3.05. The Balaban J connectivity index is 4.45. The highest BCUT2D eigenvalue weighted by Crippen LogP contribution is 2.21. The van der Waals surface area contributed by atoms with E-state index >= 15 is 0 Å². The van der Waals surface area contributed by atoms with Crippen molar-refractivity contribution in [1.82, 2.24) is 0 Å². The van der Waals surface area contributed by atoms with Crippen LogP contribution in [0.2, 0.25) is 0 Å². The molecule has 0 saturated carbocycles. The first-order valence-electron chi connectivity index (χ1n) is 4.23. The highest BCUT2D eigenvalue weighted by atomic mass is 16.4. The number of carboxylic acid groups (broad SMARTS) is 2. The van der Waals surface area contributed by atoms with Crippen molar-refractivity contribution in [2.45, 2.75) is 19.8 Å². The summed E-state index contributed by atoms with van der Waals surface area (Å²) in [5.41, 5.74) is 0.0501. The second-order valence-corrected chi connectivity index (χ2v) is 3.05. The van der Waals surface area contributed by atoms with Crippen molar-refractivity contribution in [3.05, 3.63) is 24.3 Å². The molecule has 78 valence electrons. The quantitative estimate of drug-likeness (QED) is 0.637. The Bertz CT molecular complexity index is 278. The maximum absolute atomic E-state index is 10.6. The van der Waals surface area contributed by atoms with Gasteiger partial charge < -0.3 is 10.2 Å². The summed E-state index contributed by atoms with van der Waals surface area (Å²) >= 11 is 0. The Morgan fingerprint density at radius 3 is 2.00 bits per heavy atom. The summed E-state index contributed by atoms with van der Waals surface area (Å²) < 4.78 is 0. The van der Waals surface area contributed by atoms with Crippen LogP contribution in [0, 0.1) is 5.92 Å². The zero-order valence-electron chi connectivity index (χ0n) is 8.12. The third-order valence-electron chi connectivity index (χ3n) is 2.06. The maximum Gasteiger partial charge on any atom is 0.331 e. The van der Waals surface area contributed by atoms with E-state index < -0.39 is 11.9 Å². The zero-order chi connectivity index (χ0) is 11.3. The van der Waals surface area contributed by atoms with Gasteiger partial charge in [-0.2, -0.15) is 0 Å². The minimum Gasteiger partial charge on any atom is -0.478 e. The predicted molar refractivity (Wildman–Crippen MR) is 51.9 cm³/mol. The first-order valence-corrected chi connectivity index (χ1v) is 4.23. The summed E-state index contributed by atoms with van der Waals surface area (Å²) in [5.74, 6) is -2.53. The Labute approximate surface area is 82.6 Å². The highest BCUT2D eigenvalue weighted by Gasteiger charge is 2.19. The second kappa shape index (κ2) is 5.21. The van der Waals surface area contributed by atoms with Gasteiger partial charge in [0, 0.05) is 11.1 Å². The van der Waals surface area contributed by atoms with Gasteiger partial charge in [-0.15, -0.1) is 0 Å². The molecule has 4 nitrogen and oxygen atoms in total. The lowest BCUT2D eigenvalue weighted by Gasteiger charge is -2.14. The lowest BCUT2D eigenvalue weighted by atomic mass is 9.91. The molecule has 0 saturated heterocycles. The number of hydrogen-bond donors (Lipinski definition) is 2. The molecule has 0 aromatic rings. The number of aliphatic carboxylic acids is 2. The SMILES string of the molecule is C=C(CC(CC)C(=C)C(=O)O)C(=O)O. The third kappa shape index (κ3) is 3.43. The van der Waals surface area contributed by atoms with Gasteiger partial charge in [-0.1, -0.05) is 20.1 Å². The first kappa shape index (κ1) is 12.4. The molecule has 0 aromatic carbocycles. The Kier molecular flexibility index (Phi) is 4.63. The first-order chi connectivity index (χ1) is 6.40. The van der Waals surface area contributed by atoms with Crippen LogP contribution < -0.4 is 0 Å². The normalized spacial score (nSPS) is 11.8. The van der Waals surface area contributed by atoms with Crippen LogP contribution in [-0.4, -0.2) is 22.2 Å². The van der Waals surface area contributed by atoms with Crippen molar-refractivity contribution in [2.24, 2.45) is 5.92 Å². The van der Waals surface area contributed by atoms with Gasteiger partial charge in [0.2, 0.25) is 0 Å². The fraction of sp³-hybridized carbons (Fsp3) is 0.400. The van der Waals surface area contributed by atoms with Gasteiger partial charge in [0.25, 0.3) is 0 Å². The van der Waals surface area contributed by atoms with E-state index in [1.807, 2.05) is 0 Å². The molecule has 0 heterocycles. The molecule has 0 fully saturated rings. The minimum atomic E-state index is -1.10. The van der Waals surface area contributed by atoms with Gasteiger partial charge in [-0.3, -0.25) is 0 Å². The molecule has 4 heteroatoms. The van der Waals surface area contributed by atoms with Gasteiger partial charge in [0.1, 0.15) is 0 Å². The molecule has 14 heavy (non-hydrogen) atoms. The zero-order valence-corrected chi connectivity index (χ0v) is 8.12. The lowest BCUT2D eigenvalue weighted by Crippen LogP contribution is -2.14. The molecule has 2 N–H and O–H groups in total. The summed E-state index contributed by atoms with van der Waals surface area (Å²) in [6.45, 7) is 8.54. The number of carbonyl (C=O) groups is 2. The Morgan fingerprint density at radius 2 is 1.71 bits per heavy atom. The van der Waals surface area contributed by atoms with E-state index in [0.29, 0.717) is 6.42 Å². The van der Waals surface area contributed by atoms with Gasteiger partial charge >= 0.3 is 11.9 Å². The van der Waals surface area contributed by atoms with Crippen LogP contribution in [0.1, 0.15) is 19.8 Å². The predicted octanol–water partition coefficient (Wildman–Crippen LogP) is 1.68. The standard InChI is InChI=1S/C10H14O4/c1-4-8(7(3)10(13)14)5-6(2)9(11)12/h8H,2-5H2,1H3,(H,11,12)(H,13,14). The molecule has 0 amide bonds. The molecule has 1 unspecified atom stereocenters. The Hall–Kier alpha value is -1.58. The molecule has 0 aromatic heterocycles. The van der Waals surface area contributed by atoms with E-state index in [1.54, 1.807) is 6.92 Å². The van der Waals surface area contributed by atoms with Gasteiger partial charge in [-0.05, 0) is 18.8 Å². The van der Waals surface area contributed by atoms with Gasteiger partial charge in [0.05, 0.1) is 0 Å². The van der Waals surface area contributed by atoms with Crippen LogP contribution in [0.4, 0.5) is 0 Å². The number of rotatable bonds is 6. The largest absolute Gasteiger partial charge is 0.478 e. The van der Waals surface area contributed by atoms with E-state index in [4.69, 9.17) is 10.2 Å². The molecule has 0 aliphatic carbocycles. The monoisotopic (exact) mass is 198 g/mol. The van der Waals surface area contributed by atoms with Crippen LogP contribution >= 0.6 is 0 Å². The van der Waals surface area contributed by atoms with Crippen LogP contribution in [0.3, 0.4) is 0 Å². The van der Waals surface area contributed by atoms with Crippen LogP contribution in [-0.2, 0) is 9.59 Å². The fourth-order valence-corrected chi connectivity index (χ4v) is 1.07. The summed E-state index contributed by atoms with van der Waals surface area (Å²) in [5, 5.41) is 17.2. The molecule has 0 aliphatic rings. The maximum atomic E-state index is 10.6. The average Bonchev–Trinajstić information content (AvgIpc) is 2.12. The van der Waals surface area contributed by atoms with E-state index in [9.17, 15) is 9.59 Å². The number of hydrogen-bond acceptors (Lipinski definition) is 2. The van der Waals surface area contributed by atoms with Crippen molar-refractivity contribution >= 4 is 11.9 Å². The molecule has 1 atom stereocenters. The minimum absolute atomic E-state index is 0.0132. The van der Waals surface area contributed by atoms with Crippen molar-refractivity contribution in [2.75, 3.05) is 0 Å². The van der Waals surface area contributed by atoms with E-state index in [1.165, 1.54) is 0 Å². The van der Waals surface area contributed by atoms with E-state index in [0.717, 1.165) is 0 Å². The van der Waals surface area contributed by atoms with E-state index in [-0.39, 0.29) is 23.5 Å². The number of carboxylic acids is 2. The molecule has 0 bridgehead atoms. The topological polar surface area (TPSA) is 74.6 Å². The fourth-order valence-electron chi connectivity index (χ4n) is 1.07. The van der Waals surface area contributed by atoms with Crippen molar-refractivity contribution in [1.29, 1.82) is 0 Å². The van der Waals surface area contributed by atoms with Crippen molar-refractivity contribution in [3.8, 4) is 0 Å². The average molecular weight is 198 g/mol. The molecule has 0 radical (unpaired) electrons. The van der Waals surface area contributed by atoms with Crippen LogP contribution in [0.25, 0.3) is 0 Å². The third-order valence-corrected chi connectivity index (χ3v) is 2.06.